The van der Waals surface area contributed by atoms with Gasteiger partial charge in [0.15, 0.2) is 0 Å². The second kappa shape index (κ2) is 3.86. The Labute approximate surface area is 112 Å². The third-order valence-corrected chi connectivity index (χ3v) is 5.11. The Kier molecular flexibility index (Phi) is 2.18. The van der Waals surface area contributed by atoms with Gasteiger partial charge in [0.1, 0.15) is 11.8 Å². The van der Waals surface area contributed by atoms with Crippen molar-refractivity contribution in [3.63, 3.8) is 0 Å². The van der Waals surface area contributed by atoms with E-state index in [0.717, 1.165) is 16.8 Å². The molecule has 0 fully saturated rings. The third kappa shape index (κ3) is 1.39. The molecule has 2 nitrogen and oxygen atoms in total. The predicted molar refractivity (Wildman–Crippen MR) is 78.2 cm³/mol. The average Bonchev–Trinajstić information content (AvgIpc) is 3.00. The molecule has 0 aliphatic carbocycles. The zero-order chi connectivity index (χ0) is 11.9. The van der Waals surface area contributed by atoms with Gasteiger partial charge in [0.2, 0.25) is 0 Å². The van der Waals surface area contributed by atoms with Crippen molar-refractivity contribution in [2.75, 3.05) is 0 Å². The maximum Gasteiger partial charge on any atom is 0.116 e. The molecule has 3 heterocycles. The fraction of sp³-hybridized carbons (Fsp3) is 0. The summed E-state index contributed by atoms with van der Waals surface area (Å²) in [4.78, 5) is 8.89. The Hall–Kier alpha value is -1.78. The van der Waals surface area contributed by atoms with Crippen molar-refractivity contribution in [2.45, 2.75) is 0 Å². The number of thiophene rings is 2. The van der Waals surface area contributed by atoms with E-state index in [2.05, 4.69) is 33.5 Å². The average molecular weight is 268 g/mol. The van der Waals surface area contributed by atoms with Gasteiger partial charge in [-0.05, 0) is 11.4 Å². The highest BCUT2D eigenvalue weighted by atomic mass is 32.1. The van der Waals surface area contributed by atoms with Gasteiger partial charge in [-0.1, -0.05) is 30.3 Å². The van der Waals surface area contributed by atoms with Crippen molar-refractivity contribution < 1.29 is 0 Å². The Morgan fingerprint density at radius 1 is 0.889 bits per heavy atom. The maximum atomic E-state index is 4.46. The van der Waals surface area contributed by atoms with Crippen LogP contribution in [0.15, 0.2) is 48.1 Å². The molecule has 3 aromatic heterocycles. The summed E-state index contributed by atoms with van der Waals surface area (Å²) in [5.74, 6) is 0. The number of benzene rings is 1. The highest BCUT2D eigenvalue weighted by Crippen LogP contribution is 2.39. The van der Waals surface area contributed by atoms with Crippen molar-refractivity contribution in [3.8, 4) is 11.3 Å². The van der Waals surface area contributed by atoms with Gasteiger partial charge < -0.3 is 0 Å². The SMILES string of the molecule is c1ccc(-c2ncnc3c2sc2ccsc23)cc1. The molecule has 86 valence electrons. The van der Waals surface area contributed by atoms with Crippen LogP contribution in [-0.4, -0.2) is 9.97 Å². The molecule has 0 spiro atoms. The lowest BCUT2D eigenvalue weighted by atomic mass is 10.1. The number of aromatic nitrogens is 2. The van der Waals surface area contributed by atoms with E-state index in [1.54, 1.807) is 29.0 Å². The molecule has 0 aliphatic heterocycles. The Bertz CT molecular complexity index is 831. The second-order valence-corrected chi connectivity index (χ2v) is 5.95. The van der Waals surface area contributed by atoms with Crippen molar-refractivity contribution in [1.82, 2.24) is 9.97 Å². The van der Waals surface area contributed by atoms with E-state index in [4.69, 9.17) is 0 Å². The maximum absolute atomic E-state index is 4.46. The summed E-state index contributed by atoms with van der Waals surface area (Å²) >= 11 is 3.52. The number of hydrogen-bond donors (Lipinski definition) is 0. The lowest BCUT2D eigenvalue weighted by Gasteiger charge is -2.00. The molecule has 18 heavy (non-hydrogen) atoms. The van der Waals surface area contributed by atoms with Gasteiger partial charge in [-0.3, -0.25) is 0 Å². The molecule has 0 amide bonds. The summed E-state index contributed by atoms with van der Waals surface area (Å²) in [6.07, 6.45) is 1.66. The van der Waals surface area contributed by atoms with Crippen LogP contribution in [0.5, 0.6) is 0 Å². The van der Waals surface area contributed by atoms with Crippen LogP contribution in [0.25, 0.3) is 30.9 Å². The molecular weight excluding hydrogens is 260 g/mol. The molecule has 0 bridgehead atoms. The fourth-order valence-corrected chi connectivity index (χ4v) is 4.37. The lowest BCUT2D eigenvalue weighted by Crippen LogP contribution is -1.84. The monoisotopic (exact) mass is 268 g/mol. The zero-order valence-electron chi connectivity index (χ0n) is 9.33. The van der Waals surface area contributed by atoms with Gasteiger partial charge in [-0.15, -0.1) is 22.7 Å². The normalized spacial score (nSPS) is 11.3. The minimum atomic E-state index is 1.04. The highest BCUT2D eigenvalue weighted by molar-refractivity contribution is 7.32. The summed E-state index contributed by atoms with van der Waals surface area (Å²) in [5, 5.41) is 2.12. The van der Waals surface area contributed by atoms with Gasteiger partial charge in [0.25, 0.3) is 0 Å². The van der Waals surface area contributed by atoms with E-state index in [1.807, 2.05) is 18.2 Å². The largest absolute Gasteiger partial charge is 0.235 e. The molecule has 0 N–H and O–H groups in total. The van der Waals surface area contributed by atoms with E-state index >= 15 is 0 Å². The summed E-state index contributed by atoms with van der Waals surface area (Å²) in [6, 6.07) is 12.4. The van der Waals surface area contributed by atoms with E-state index < -0.39 is 0 Å². The van der Waals surface area contributed by atoms with Gasteiger partial charge in [0.05, 0.1) is 15.1 Å². The van der Waals surface area contributed by atoms with Crippen molar-refractivity contribution in [2.24, 2.45) is 0 Å². The minimum absolute atomic E-state index is 1.04. The molecule has 0 atom stereocenters. The highest BCUT2D eigenvalue weighted by Gasteiger charge is 2.12. The first-order valence-corrected chi connectivity index (χ1v) is 7.29. The smallest absolute Gasteiger partial charge is 0.116 e. The minimum Gasteiger partial charge on any atom is -0.235 e. The van der Waals surface area contributed by atoms with Gasteiger partial charge >= 0.3 is 0 Å². The molecule has 4 aromatic rings. The lowest BCUT2D eigenvalue weighted by molar-refractivity contribution is 1.24. The molecule has 1 aromatic carbocycles. The number of fused-ring (bicyclic) bond motifs is 3. The molecule has 4 rings (SSSR count). The quantitative estimate of drug-likeness (QED) is 0.505. The summed E-state index contributed by atoms with van der Waals surface area (Å²) in [7, 11) is 0. The van der Waals surface area contributed by atoms with Crippen LogP contribution in [0.3, 0.4) is 0 Å². The molecule has 0 radical (unpaired) electrons. The molecule has 4 heteroatoms. The Morgan fingerprint density at radius 2 is 1.78 bits per heavy atom. The third-order valence-electron chi connectivity index (χ3n) is 2.91. The van der Waals surface area contributed by atoms with Crippen LogP contribution in [0, 0.1) is 0 Å². The van der Waals surface area contributed by atoms with Crippen LogP contribution in [0.1, 0.15) is 0 Å². The standard InChI is InChI=1S/C14H8N2S2/c1-2-4-9(5-3-1)11-14-12(16-8-15-11)13-10(18-14)6-7-17-13/h1-8H. The van der Waals surface area contributed by atoms with Gasteiger partial charge in [-0.2, -0.15) is 0 Å². The number of rotatable bonds is 1. The molecule has 0 saturated carbocycles. The van der Waals surface area contributed by atoms with E-state index in [-0.39, 0.29) is 0 Å². The second-order valence-electron chi connectivity index (χ2n) is 3.98. The molecule has 0 saturated heterocycles. The van der Waals surface area contributed by atoms with Crippen molar-refractivity contribution in [1.29, 1.82) is 0 Å². The number of hydrogen-bond acceptors (Lipinski definition) is 4. The Balaban J connectivity index is 2.12. The molecular formula is C14H8N2S2. The first-order chi connectivity index (χ1) is 8.93. The van der Waals surface area contributed by atoms with Crippen LogP contribution in [0.2, 0.25) is 0 Å². The summed E-state index contributed by atoms with van der Waals surface area (Å²) < 4.78 is 3.76. The van der Waals surface area contributed by atoms with Crippen LogP contribution in [-0.2, 0) is 0 Å². The van der Waals surface area contributed by atoms with Gasteiger partial charge in [-0.25, -0.2) is 9.97 Å². The predicted octanol–water partition coefficient (Wildman–Crippen LogP) is 4.57. The first kappa shape index (κ1) is 10.2. The zero-order valence-corrected chi connectivity index (χ0v) is 11.0. The Morgan fingerprint density at radius 3 is 2.67 bits per heavy atom. The first-order valence-electron chi connectivity index (χ1n) is 5.59. The van der Waals surface area contributed by atoms with Crippen LogP contribution < -0.4 is 0 Å². The molecule has 0 aliphatic rings. The fourth-order valence-electron chi connectivity index (χ4n) is 2.09. The van der Waals surface area contributed by atoms with Gasteiger partial charge in [0, 0.05) is 10.3 Å². The van der Waals surface area contributed by atoms with E-state index in [0.29, 0.717) is 0 Å². The van der Waals surface area contributed by atoms with E-state index in [9.17, 15) is 0 Å². The topological polar surface area (TPSA) is 25.8 Å². The summed E-state index contributed by atoms with van der Waals surface area (Å²) in [5.41, 5.74) is 3.27. The van der Waals surface area contributed by atoms with Crippen molar-refractivity contribution in [3.05, 3.63) is 48.1 Å². The summed E-state index contributed by atoms with van der Waals surface area (Å²) in [6.45, 7) is 0. The van der Waals surface area contributed by atoms with Crippen LogP contribution >= 0.6 is 22.7 Å². The van der Waals surface area contributed by atoms with Crippen LogP contribution in [0.4, 0.5) is 0 Å². The number of nitrogens with zero attached hydrogens (tertiary/aromatic N) is 2. The van der Waals surface area contributed by atoms with Crippen molar-refractivity contribution >= 4 is 42.3 Å². The van der Waals surface area contributed by atoms with E-state index in [1.165, 1.54) is 14.1 Å². The molecule has 0 unspecified atom stereocenters.